The molecule has 0 aliphatic rings. The lowest BCUT2D eigenvalue weighted by Crippen LogP contribution is -2.21. The van der Waals surface area contributed by atoms with Gasteiger partial charge in [-0.15, -0.1) is 0 Å². The van der Waals surface area contributed by atoms with E-state index in [1.165, 1.54) is 4.57 Å². The summed E-state index contributed by atoms with van der Waals surface area (Å²) < 4.78 is 1.47. The van der Waals surface area contributed by atoms with Gasteiger partial charge in [0.1, 0.15) is 0 Å². The van der Waals surface area contributed by atoms with E-state index < -0.39 is 0 Å². The molecule has 15 heavy (non-hydrogen) atoms. The quantitative estimate of drug-likeness (QED) is 0.826. The topological polar surface area (TPSA) is 42.2 Å². The molecule has 0 aliphatic heterocycles. The standard InChI is InChI=1S/C12H19NO2/c1-4-6-7-13-11(14)8-9(3)10(5-2)12(13)15/h8,15H,4-7H2,1-3H3. The van der Waals surface area contributed by atoms with Crippen molar-refractivity contribution in [3.05, 3.63) is 27.5 Å². The summed E-state index contributed by atoms with van der Waals surface area (Å²) in [6.45, 7) is 6.52. The van der Waals surface area contributed by atoms with Gasteiger partial charge in [-0.05, 0) is 25.3 Å². The first-order valence-corrected chi connectivity index (χ1v) is 5.54. The Morgan fingerprint density at radius 3 is 2.60 bits per heavy atom. The van der Waals surface area contributed by atoms with Crippen molar-refractivity contribution in [2.45, 2.75) is 46.6 Å². The molecule has 0 saturated carbocycles. The van der Waals surface area contributed by atoms with Gasteiger partial charge in [0.2, 0.25) is 0 Å². The summed E-state index contributed by atoms with van der Waals surface area (Å²) >= 11 is 0. The summed E-state index contributed by atoms with van der Waals surface area (Å²) in [6, 6.07) is 1.61. The van der Waals surface area contributed by atoms with Gasteiger partial charge in [0.05, 0.1) is 0 Å². The van der Waals surface area contributed by atoms with Crippen molar-refractivity contribution in [3.63, 3.8) is 0 Å². The molecule has 84 valence electrons. The minimum Gasteiger partial charge on any atom is -0.494 e. The molecule has 0 radical (unpaired) electrons. The van der Waals surface area contributed by atoms with Crippen molar-refractivity contribution in [1.29, 1.82) is 0 Å². The Kier molecular flexibility index (Phi) is 3.95. The van der Waals surface area contributed by atoms with Crippen LogP contribution in [0.3, 0.4) is 0 Å². The second-order valence-electron chi connectivity index (χ2n) is 3.83. The van der Waals surface area contributed by atoms with E-state index in [9.17, 15) is 9.90 Å². The Labute approximate surface area is 90.4 Å². The number of aryl methyl sites for hydroxylation is 1. The van der Waals surface area contributed by atoms with Crippen LogP contribution in [0.2, 0.25) is 0 Å². The maximum atomic E-state index is 11.6. The molecule has 0 spiro atoms. The summed E-state index contributed by atoms with van der Waals surface area (Å²) in [5.41, 5.74) is 1.66. The average molecular weight is 209 g/mol. The van der Waals surface area contributed by atoms with Crippen molar-refractivity contribution in [3.8, 4) is 5.88 Å². The number of hydrogen-bond acceptors (Lipinski definition) is 2. The first-order chi connectivity index (χ1) is 7.11. The van der Waals surface area contributed by atoms with Crippen LogP contribution in [0.5, 0.6) is 5.88 Å². The fraction of sp³-hybridized carbons (Fsp3) is 0.583. The number of aromatic nitrogens is 1. The number of pyridine rings is 1. The van der Waals surface area contributed by atoms with Gasteiger partial charge in [-0.1, -0.05) is 20.3 Å². The van der Waals surface area contributed by atoms with Crippen LogP contribution in [0.4, 0.5) is 0 Å². The van der Waals surface area contributed by atoms with Crippen molar-refractivity contribution < 1.29 is 5.11 Å². The first kappa shape index (κ1) is 11.8. The summed E-state index contributed by atoms with van der Waals surface area (Å²) in [4.78, 5) is 11.6. The summed E-state index contributed by atoms with van der Waals surface area (Å²) in [6.07, 6.45) is 2.69. The first-order valence-electron chi connectivity index (χ1n) is 5.54. The molecular formula is C12H19NO2. The minimum atomic E-state index is -0.101. The van der Waals surface area contributed by atoms with E-state index in [1.807, 2.05) is 13.8 Å². The van der Waals surface area contributed by atoms with Crippen LogP contribution in [0, 0.1) is 6.92 Å². The highest BCUT2D eigenvalue weighted by Gasteiger charge is 2.10. The van der Waals surface area contributed by atoms with E-state index in [0.29, 0.717) is 6.54 Å². The Morgan fingerprint density at radius 2 is 2.07 bits per heavy atom. The van der Waals surface area contributed by atoms with E-state index >= 15 is 0 Å². The van der Waals surface area contributed by atoms with Crippen LogP contribution in [0.25, 0.3) is 0 Å². The van der Waals surface area contributed by atoms with Crippen LogP contribution in [0.1, 0.15) is 37.8 Å². The zero-order valence-corrected chi connectivity index (χ0v) is 9.71. The maximum Gasteiger partial charge on any atom is 0.253 e. The molecule has 0 atom stereocenters. The Hall–Kier alpha value is -1.25. The summed E-state index contributed by atoms with van der Waals surface area (Å²) in [5, 5.41) is 9.94. The van der Waals surface area contributed by atoms with E-state index in [0.717, 1.165) is 30.4 Å². The molecule has 0 fully saturated rings. The van der Waals surface area contributed by atoms with Gasteiger partial charge in [-0.3, -0.25) is 9.36 Å². The third-order valence-electron chi connectivity index (χ3n) is 2.70. The lowest BCUT2D eigenvalue weighted by atomic mass is 10.1. The highest BCUT2D eigenvalue weighted by molar-refractivity contribution is 5.33. The molecule has 1 aromatic heterocycles. The number of nitrogens with zero attached hydrogens (tertiary/aromatic N) is 1. The molecule has 1 rings (SSSR count). The highest BCUT2D eigenvalue weighted by Crippen LogP contribution is 2.19. The number of rotatable bonds is 4. The lowest BCUT2D eigenvalue weighted by molar-refractivity contribution is 0.394. The molecule has 0 aromatic carbocycles. The number of hydrogen-bond donors (Lipinski definition) is 1. The number of aromatic hydroxyl groups is 1. The van der Waals surface area contributed by atoms with Gasteiger partial charge < -0.3 is 5.11 Å². The monoisotopic (exact) mass is 209 g/mol. The summed E-state index contributed by atoms with van der Waals surface area (Å²) in [5.74, 6) is 0.149. The third-order valence-corrected chi connectivity index (χ3v) is 2.70. The normalized spacial score (nSPS) is 10.6. The fourth-order valence-electron chi connectivity index (χ4n) is 1.76. The highest BCUT2D eigenvalue weighted by atomic mass is 16.3. The van der Waals surface area contributed by atoms with E-state index in [1.54, 1.807) is 6.07 Å². The van der Waals surface area contributed by atoms with Gasteiger partial charge in [0, 0.05) is 18.2 Å². The van der Waals surface area contributed by atoms with Crippen molar-refractivity contribution in [2.75, 3.05) is 0 Å². The zero-order valence-electron chi connectivity index (χ0n) is 9.71. The second-order valence-corrected chi connectivity index (χ2v) is 3.83. The average Bonchev–Trinajstić information content (AvgIpc) is 2.17. The predicted octanol–water partition coefficient (Wildman–Crippen LogP) is 2.22. The largest absolute Gasteiger partial charge is 0.494 e. The van der Waals surface area contributed by atoms with Gasteiger partial charge >= 0.3 is 0 Å². The molecule has 1 heterocycles. The van der Waals surface area contributed by atoms with Gasteiger partial charge in [0.25, 0.3) is 5.56 Å². The molecule has 0 bridgehead atoms. The van der Waals surface area contributed by atoms with Gasteiger partial charge in [0.15, 0.2) is 5.88 Å². The fourth-order valence-corrected chi connectivity index (χ4v) is 1.76. The lowest BCUT2D eigenvalue weighted by Gasteiger charge is -2.12. The van der Waals surface area contributed by atoms with E-state index in [2.05, 4.69) is 6.92 Å². The van der Waals surface area contributed by atoms with Crippen molar-refractivity contribution >= 4 is 0 Å². The van der Waals surface area contributed by atoms with Crippen LogP contribution in [0.15, 0.2) is 10.9 Å². The smallest absolute Gasteiger partial charge is 0.253 e. The van der Waals surface area contributed by atoms with Crippen molar-refractivity contribution in [2.24, 2.45) is 0 Å². The van der Waals surface area contributed by atoms with Crippen LogP contribution in [-0.4, -0.2) is 9.67 Å². The Bertz CT molecular complexity index is 393. The molecule has 3 nitrogen and oxygen atoms in total. The van der Waals surface area contributed by atoms with Crippen LogP contribution < -0.4 is 5.56 Å². The van der Waals surface area contributed by atoms with Crippen molar-refractivity contribution in [1.82, 2.24) is 4.57 Å². The predicted molar refractivity (Wildman–Crippen MR) is 61.4 cm³/mol. The van der Waals surface area contributed by atoms with Gasteiger partial charge in [-0.2, -0.15) is 0 Å². The maximum absolute atomic E-state index is 11.6. The Balaban J connectivity index is 3.20. The van der Waals surface area contributed by atoms with E-state index in [4.69, 9.17) is 0 Å². The molecule has 3 heteroatoms. The number of unbranched alkanes of at least 4 members (excludes halogenated alkanes) is 1. The summed E-state index contributed by atoms with van der Waals surface area (Å²) in [7, 11) is 0. The Morgan fingerprint density at radius 1 is 1.40 bits per heavy atom. The second kappa shape index (κ2) is 5.01. The third kappa shape index (κ3) is 2.41. The molecule has 0 amide bonds. The van der Waals surface area contributed by atoms with Crippen LogP contribution in [-0.2, 0) is 13.0 Å². The molecule has 0 unspecified atom stereocenters. The molecule has 1 N–H and O–H groups in total. The van der Waals surface area contributed by atoms with E-state index in [-0.39, 0.29) is 11.4 Å². The zero-order chi connectivity index (χ0) is 11.4. The van der Waals surface area contributed by atoms with Crippen LogP contribution >= 0.6 is 0 Å². The molecule has 1 aromatic rings. The SMILES string of the molecule is CCCCn1c(O)c(CC)c(C)cc1=O. The molecule has 0 aliphatic carbocycles. The molecule has 0 saturated heterocycles. The minimum absolute atomic E-state index is 0.101. The molecular weight excluding hydrogens is 190 g/mol. The van der Waals surface area contributed by atoms with Gasteiger partial charge in [-0.25, -0.2) is 0 Å².